The Labute approximate surface area is 147 Å². The summed E-state index contributed by atoms with van der Waals surface area (Å²) in [5, 5.41) is 7.65. The zero-order valence-electron chi connectivity index (χ0n) is 13.2. The molecule has 2 aromatic heterocycles. The Balaban J connectivity index is 2.10. The normalized spacial score (nSPS) is 12.5. The molecular formula is C16H14ClF2N5O. The lowest BCUT2D eigenvalue weighted by Gasteiger charge is -2.17. The third kappa shape index (κ3) is 3.58. The van der Waals surface area contributed by atoms with Gasteiger partial charge in [0.2, 0.25) is 5.95 Å². The van der Waals surface area contributed by atoms with Crippen LogP contribution in [-0.4, -0.2) is 20.2 Å². The monoisotopic (exact) mass is 365 g/mol. The maximum absolute atomic E-state index is 12.7. The SMILES string of the molecule is CCC(c1ccc(Cl)cc1)c1nc(N)ncc1-c1nnc(C(F)F)o1. The van der Waals surface area contributed by atoms with Crippen LogP contribution in [0.15, 0.2) is 34.9 Å². The minimum atomic E-state index is -2.85. The first-order chi connectivity index (χ1) is 12.0. The van der Waals surface area contributed by atoms with Gasteiger partial charge in [-0.2, -0.15) is 8.78 Å². The minimum absolute atomic E-state index is 0.0692. The maximum atomic E-state index is 12.7. The number of anilines is 1. The Morgan fingerprint density at radius 3 is 2.52 bits per heavy atom. The molecule has 6 nitrogen and oxygen atoms in total. The van der Waals surface area contributed by atoms with Gasteiger partial charge in [0.15, 0.2) is 0 Å². The Bertz CT molecular complexity index is 869. The molecule has 2 heterocycles. The molecule has 0 fully saturated rings. The van der Waals surface area contributed by atoms with Gasteiger partial charge in [0.05, 0.1) is 11.3 Å². The van der Waals surface area contributed by atoms with Crippen molar-refractivity contribution < 1.29 is 13.2 Å². The van der Waals surface area contributed by atoms with E-state index >= 15 is 0 Å². The highest BCUT2D eigenvalue weighted by Gasteiger charge is 2.24. The molecule has 25 heavy (non-hydrogen) atoms. The molecule has 0 amide bonds. The number of alkyl halides is 2. The average Bonchev–Trinajstić information content (AvgIpc) is 3.07. The van der Waals surface area contributed by atoms with Crippen molar-refractivity contribution in [3.8, 4) is 11.5 Å². The summed E-state index contributed by atoms with van der Waals surface area (Å²) in [5.74, 6) is -0.922. The van der Waals surface area contributed by atoms with Gasteiger partial charge in [-0.05, 0) is 24.1 Å². The molecule has 0 aliphatic heterocycles. The van der Waals surface area contributed by atoms with E-state index in [0.717, 1.165) is 5.56 Å². The zero-order chi connectivity index (χ0) is 18.0. The number of nitrogens with two attached hydrogens (primary N) is 1. The maximum Gasteiger partial charge on any atom is 0.314 e. The van der Waals surface area contributed by atoms with Gasteiger partial charge < -0.3 is 10.2 Å². The summed E-state index contributed by atoms with van der Waals surface area (Å²) in [4.78, 5) is 8.22. The standard InChI is InChI=1S/C16H14ClF2N5O/c1-2-10(8-3-5-9(17)6-4-8)12-11(7-21-16(20)22-12)14-23-24-15(25-14)13(18)19/h3-7,10,13H,2H2,1H3,(H2,20,21,22). The third-order valence-corrected chi connectivity index (χ3v) is 3.96. The summed E-state index contributed by atoms with van der Waals surface area (Å²) in [5.41, 5.74) is 7.57. The van der Waals surface area contributed by atoms with E-state index in [4.69, 9.17) is 21.8 Å². The van der Waals surface area contributed by atoms with Crippen LogP contribution in [-0.2, 0) is 0 Å². The van der Waals surface area contributed by atoms with Crippen molar-refractivity contribution in [2.45, 2.75) is 25.7 Å². The predicted octanol–water partition coefficient (Wildman–Crippen LogP) is 4.24. The molecule has 0 saturated heterocycles. The second-order valence-corrected chi connectivity index (χ2v) is 5.72. The second kappa shape index (κ2) is 7.10. The number of benzene rings is 1. The highest BCUT2D eigenvalue weighted by Crippen LogP contribution is 2.34. The Morgan fingerprint density at radius 2 is 1.92 bits per heavy atom. The van der Waals surface area contributed by atoms with Crippen LogP contribution < -0.4 is 5.73 Å². The van der Waals surface area contributed by atoms with Gasteiger partial charge in [0.25, 0.3) is 11.8 Å². The topological polar surface area (TPSA) is 90.7 Å². The first-order valence-electron chi connectivity index (χ1n) is 7.49. The van der Waals surface area contributed by atoms with Crippen LogP contribution in [0.2, 0.25) is 5.02 Å². The average molecular weight is 366 g/mol. The van der Waals surface area contributed by atoms with Gasteiger partial charge in [0.1, 0.15) is 0 Å². The van der Waals surface area contributed by atoms with E-state index in [1.54, 1.807) is 12.1 Å². The molecule has 0 spiro atoms. The van der Waals surface area contributed by atoms with Crippen LogP contribution in [0, 0.1) is 0 Å². The van der Waals surface area contributed by atoms with E-state index in [9.17, 15) is 8.78 Å². The van der Waals surface area contributed by atoms with E-state index in [1.807, 2.05) is 19.1 Å². The molecule has 130 valence electrons. The number of hydrogen-bond donors (Lipinski definition) is 1. The number of halogens is 3. The molecule has 1 aromatic carbocycles. The Morgan fingerprint density at radius 1 is 1.20 bits per heavy atom. The van der Waals surface area contributed by atoms with Crippen molar-refractivity contribution in [3.63, 3.8) is 0 Å². The third-order valence-electron chi connectivity index (χ3n) is 3.71. The number of hydrogen-bond acceptors (Lipinski definition) is 6. The fraction of sp³-hybridized carbons (Fsp3) is 0.250. The van der Waals surface area contributed by atoms with Crippen LogP contribution in [0.25, 0.3) is 11.5 Å². The molecule has 0 radical (unpaired) electrons. The predicted molar refractivity (Wildman–Crippen MR) is 88.3 cm³/mol. The van der Waals surface area contributed by atoms with Crippen LogP contribution in [0.3, 0.4) is 0 Å². The van der Waals surface area contributed by atoms with Gasteiger partial charge in [-0.15, -0.1) is 10.2 Å². The first kappa shape index (κ1) is 17.2. The number of rotatable bonds is 5. The molecule has 1 unspecified atom stereocenters. The van der Waals surface area contributed by atoms with E-state index in [2.05, 4.69) is 20.2 Å². The van der Waals surface area contributed by atoms with E-state index in [1.165, 1.54) is 6.20 Å². The smallest absolute Gasteiger partial charge is 0.314 e. The molecule has 3 rings (SSSR count). The number of nitrogens with zero attached hydrogens (tertiary/aromatic N) is 4. The fourth-order valence-electron chi connectivity index (χ4n) is 2.55. The van der Waals surface area contributed by atoms with E-state index in [0.29, 0.717) is 22.7 Å². The van der Waals surface area contributed by atoms with Crippen molar-refractivity contribution in [2.24, 2.45) is 0 Å². The zero-order valence-corrected chi connectivity index (χ0v) is 13.9. The highest BCUT2D eigenvalue weighted by atomic mass is 35.5. The Hall–Kier alpha value is -2.61. The van der Waals surface area contributed by atoms with Crippen molar-refractivity contribution in [1.82, 2.24) is 20.2 Å². The fourth-order valence-corrected chi connectivity index (χ4v) is 2.68. The second-order valence-electron chi connectivity index (χ2n) is 5.29. The lowest BCUT2D eigenvalue weighted by molar-refractivity contribution is 0.116. The molecule has 0 bridgehead atoms. The molecule has 9 heteroatoms. The highest BCUT2D eigenvalue weighted by molar-refractivity contribution is 6.30. The first-order valence-corrected chi connectivity index (χ1v) is 7.87. The van der Waals surface area contributed by atoms with Crippen molar-refractivity contribution in [2.75, 3.05) is 5.73 Å². The van der Waals surface area contributed by atoms with Crippen LogP contribution in [0.1, 0.15) is 42.8 Å². The van der Waals surface area contributed by atoms with E-state index < -0.39 is 12.3 Å². The quantitative estimate of drug-likeness (QED) is 0.727. The van der Waals surface area contributed by atoms with Crippen molar-refractivity contribution >= 4 is 17.5 Å². The van der Waals surface area contributed by atoms with E-state index in [-0.39, 0.29) is 17.8 Å². The largest absolute Gasteiger partial charge is 0.415 e. The Kier molecular flexibility index (Phi) is 4.89. The molecule has 2 N–H and O–H groups in total. The molecule has 0 aliphatic carbocycles. The van der Waals surface area contributed by atoms with Crippen LogP contribution >= 0.6 is 11.6 Å². The van der Waals surface area contributed by atoms with Crippen molar-refractivity contribution in [1.29, 1.82) is 0 Å². The summed E-state index contributed by atoms with van der Waals surface area (Å²) < 4.78 is 30.5. The lowest BCUT2D eigenvalue weighted by Crippen LogP contribution is -2.08. The molecule has 3 aromatic rings. The van der Waals surface area contributed by atoms with Crippen LogP contribution in [0.5, 0.6) is 0 Å². The molecule has 0 aliphatic rings. The van der Waals surface area contributed by atoms with Crippen LogP contribution in [0.4, 0.5) is 14.7 Å². The minimum Gasteiger partial charge on any atom is -0.415 e. The lowest BCUT2D eigenvalue weighted by atomic mass is 9.90. The van der Waals surface area contributed by atoms with Gasteiger partial charge in [-0.1, -0.05) is 30.7 Å². The van der Waals surface area contributed by atoms with Gasteiger partial charge in [0, 0.05) is 17.1 Å². The molecule has 0 saturated carbocycles. The van der Waals surface area contributed by atoms with Crippen molar-refractivity contribution in [3.05, 3.63) is 52.6 Å². The summed E-state index contributed by atoms with van der Waals surface area (Å²) in [6.45, 7) is 1.97. The summed E-state index contributed by atoms with van der Waals surface area (Å²) >= 11 is 5.94. The summed E-state index contributed by atoms with van der Waals surface area (Å²) in [6.07, 6.45) is -0.766. The number of aromatic nitrogens is 4. The molecular weight excluding hydrogens is 352 g/mol. The summed E-state index contributed by atoms with van der Waals surface area (Å²) in [6, 6.07) is 7.28. The molecule has 1 atom stereocenters. The van der Waals surface area contributed by atoms with Gasteiger partial charge in [-0.25, -0.2) is 9.97 Å². The number of nitrogen functional groups attached to an aromatic ring is 1. The van der Waals surface area contributed by atoms with Gasteiger partial charge in [-0.3, -0.25) is 0 Å². The van der Waals surface area contributed by atoms with Gasteiger partial charge >= 0.3 is 6.43 Å². The summed E-state index contributed by atoms with van der Waals surface area (Å²) in [7, 11) is 0.